The fourth-order valence-electron chi connectivity index (χ4n) is 2.19. The van der Waals surface area contributed by atoms with Crippen LogP contribution < -0.4 is 0 Å². The predicted molar refractivity (Wildman–Crippen MR) is 87.2 cm³/mol. The standard InChI is InChI=1S/C16H14BrCl2F/c17-14-4-5-16(20)13(9-14)7-12(10-18)6-11-2-1-3-15(19)8-11/h1-5,8-9,12H,6-7,10H2. The lowest BCUT2D eigenvalue weighted by Crippen LogP contribution is -2.11. The number of hydrogen-bond donors (Lipinski definition) is 0. The summed E-state index contributed by atoms with van der Waals surface area (Å²) in [5.41, 5.74) is 1.81. The van der Waals surface area contributed by atoms with Crippen LogP contribution in [0.3, 0.4) is 0 Å². The summed E-state index contributed by atoms with van der Waals surface area (Å²) < 4.78 is 14.7. The number of hydrogen-bond acceptors (Lipinski definition) is 0. The van der Waals surface area contributed by atoms with Gasteiger partial charge in [0.25, 0.3) is 0 Å². The molecule has 0 amide bonds. The van der Waals surface area contributed by atoms with Gasteiger partial charge < -0.3 is 0 Å². The second kappa shape index (κ2) is 7.44. The normalized spacial score (nSPS) is 12.4. The van der Waals surface area contributed by atoms with E-state index in [1.54, 1.807) is 6.07 Å². The maximum absolute atomic E-state index is 13.8. The van der Waals surface area contributed by atoms with Crippen molar-refractivity contribution in [3.63, 3.8) is 0 Å². The van der Waals surface area contributed by atoms with E-state index in [1.165, 1.54) is 6.07 Å². The van der Waals surface area contributed by atoms with Gasteiger partial charge in [0.2, 0.25) is 0 Å². The van der Waals surface area contributed by atoms with Gasteiger partial charge in [-0.1, -0.05) is 39.7 Å². The van der Waals surface area contributed by atoms with E-state index in [2.05, 4.69) is 15.9 Å². The fourth-order valence-corrected chi connectivity index (χ4v) is 3.03. The summed E-state index contributed by atoms with van der Waals surface area (Å²) >= 11 is 15.4. The lowest BCUT2D eigenvalue weighted by molar-refractivity contribution is 0.546. The van der Waals surface area contributed by atoms with E-state index >= 15 is 0 Å². The highest BCUT2D eigenvalue weighted by Gasteiger charge is 2.13. The minimum Gasteiger partial charge on any atom is -0.207 e. The summed E-state index contributed by atoms with van der Waals surface area (Å²) in [7, 11) is 0. The quantitative estimate of drug-likeness (QED) is 0.572. The van der Waals surface area contributed by atoms with Crippen molar-refractivity contribution in [2.45, 2.75) is 12.8 Å². The average molecular weight is 376 g/mol. The van der Waals surface area contributed by atoms with Gasteiger partial charge in [0, 0.05) is 15.4 Å². The van der Waals surface area contributed by atoms with Crippen LogP contribution in [0.1, 0.15) is 11.1 Å². The third-order valence-electron chi connectivity index (χ3n) is 3.15. The second-order valence-electron chi connectivity index (χ2n) is 4.79. The second-order valence-corrected chi connectivity index (χ2v) is 6.45. The summed E-state index contributed by atoms with van der Waals surface area (Å²) in [4.78, 5) is 0. The zero-order chi connectivity index (χ0) is 14.5. The van der Waals surface area contributed by atoms with Crippen molar-refractivity contribution in [3.8, 4) is 0 Å². The molecule has 20 heavy (non-hydrogen) atoms. The Morgan fingerprint density at radius 1 is 1.10 bits per heavy atom. The lowest BCUT2D eigenvalue weighted by Gasteiger charge is -2.15. The molecule has 0 aromatic heterocycles. The van der Waals surface area contributed by atoms with Crippen LogP contribution in [0.15, 0.2) is 46.9 Å². The molecule has 0 N–H and O–H groups in total. The third-order valence-corrected chi connectivity index (χ3v) is 4.31. The lowest BCUT2D eigenvalue weighted by atomic mass is 9.94. The van der Waals surface area contributed by atoms with E-state index in [1.807, 2.05) is 30.3 Å². The molecular formula is C16H14BrCl2F. The van der Waals surface area contributed by atoms with Crippen LogP contribution in [-0.4, -0.2) is 5.88 Å². The van der Waals surface area contributed by atoms with Crippen molar-refractivity contribution >= 4 is 39.1 Å². The van der Waals surface area contributed by atoms with Crippen molar-refractivity contribution in [2.24, 2.45) is 5.92 Å². The van der Waals surface area contributed by atoms with Crippen LogP contribution in [-0.2, 0) is 12.8 Å². The molecule has 2 rings (SSSR count). The average Bonchev–Trinajstić information content (AvgIpc) is 2.42. The van der Waals surface area contributed by atoms with Crippen molar-refractivity contribution in [3.05, 3.63) is 68.9 Å². The van der Waals surface area contributed by atoms with Crippen LogP contribution in [0.4, 0.5) is 4.39 Å². The molecule has 0 spiro atoms. The van der Waals surface area contributed by atoms with E-state index < -0.39 is 0 Å². The van der Waals surface area contributed by atoms with E-state index in [9.17, 15) is 4.39 Å². The molecule has 0 nitrogen and oxygen atoms in total. The van der Waals surface area contributed by atoms with Gasteiger partial charge in [0.1, 0.15) is 5.82 Å². The maximum atomic E-state index is 13.8. The van der Waals surface area contributed by atoms with Gasteiger partial charge in [-0.2, -0.15) is 0 Å². The summed E-state index contributed by atoms with van der Waals surface area (Å²) in [6, 6.07) is 12.7. The zero-order valence-corrected chi connectivity index (χ0v) is 13.8. The molecule has 0 heterocycles. The minimum atomic E-state index is -0.186. The SMILES string of the molecule is Fc1ccc(Br)cc1CC(CCl)Cc1cccc(Cl)c1. The summed E-state index contributed by atoms with van der Waals surface area (Å²) in [5.74, 6) is 0.478. The Balaban J connectivity index is 2.11. The van der Waals surface area contributed by atoms with Crippen LogP contribution in [0.2, 0.25) is 5.02 Å². The van der Waals surface area contributed by atoms with E-state index in [0.717, 1.165) is 16.5 Å². The Bertz CT molecular complexity index is 586. The molecule has 0 aliphatic rings. The summed E-state index contributed by atoms with van der Waals surface area (Å²) in [6.07, 6.45) is 1.40. The molecule has 106 valence electrons. The molecule has 0 aliphatic carbocycles. The van der Waals surface area contributed by atoms with Crippen LogP contribution in [0, 0.1) is 11.7 Å². The third kappa shape index (κ3) is 4.47. The number of alkyl halides is 1. The largest absolute Gasteiger partial charge is 0.207 e. The van der Waals surface area contributed by atoms with Crippen molar-refractivity contribution < 1.29 is 4.39 Å². The summed E-state index contributed by atoms with van der Waals surface area (Å²) in [6.45, 7) is 0. The van der Waals surface area contributed by atoms with E-state index in [4.69, 9.17) is 23.2 Å². The Kier molecular flexibility index (Phi) is 5.88. The van der Waals surface area contributed by atoms with E-state index in [-0.39, 0.29) is 11.7 Å². The monoisotopic (exact) mass is 374 g/mol. The van der Waals surface area contributed by atoms with Crippen molar-refractivity contribution in [1.82, 2.24) is 0 Å². The smallest absolute Gasteiger partial charge is 0.126 e. The van der Waals surface area contributed by atoms with Crippen LogP contribution in [0.25, 0.3) is 0 Å². The molecule has 2 aromatic carbocycles. The topological polar surface area (TPSA) is 0 Å². The molecule has 1 atom stereocenters. The Labute approximate surface area is 137 Å². The summed E-state index contributed by atoms with van der Waals surface area (Å²) in [5, 5.41) is 0.712. The van der Waals surface area contributed by atoms with Gasteiger partial charge in [-0.05, 0) is 60.2 Å². The molecule has 0 bridgehead atoms. The molecule has 0 saturated heterocycles. The zero-order valence-electron chi connectivity index (χ0n) is 10.8. The Morgan fingerprint density at radius 2 is 1.90 bits per heavy atom. The molecule has 2 aromatic rings. The molecular weight excluding hydrogens is 362 g/mol. The minimum absolute atomic E-state index is 0.180. The van der Waals surface area contributed by atoms with Gasteiger partial charge in [0.15, 0.2) is 0 Å². The molecule has 1 unspecified atom stereocenters. The van der Waals surface area contributed by atoms with Gasteiger partial charge in [0.05, 0.1) is 0 Å². The molecule has 0 saturated carbocycles. The highest BCUT2D eigenvalue weighted by atomic mass is 79.9. The first kappa shape index (κ1) is 15.8. The first-order valence-electron chi connectivity index (χ1n) is 6.33. The molecule has 0 aliphatic heterocycles. The van der Waals surface area contributed by atoms with Crippen molar-refractivity contribution in [1.29, 1.82) is 0 Å². The van der Waals surface area contributed by atoms with Crippen molar-refractivity contribution in [2.75, 3.05) is 5.88 Å². The highest BCUT2D eigenvalue weighted by molar-refractivity contribution is 9.10. The number of benzene rings is 2. The van der Waals surface area contributed by atoms with Gasteiger partial charge in [-0.15, -0.1) is 11.6 Å². The van der Waals surface area contributed by atoms with Gasteiger partial charge in [-0.25, -0.2) is 4.39 Å². The van der Waals surface area contributed by atoms with E-state index in [0.29, 0.717) is 22.9 Å². The molecule has 4 heteroatoms. The maximum Gasteiger partial charge on any atom is 0.126 e. The van der Waals surface area contributed by atoms with Gasteiger partial charge >= 0.3 is 0 Å². The first-order chi connectivity index (χ1) is 9.58. The van der Waals surface area contributed by atoms with Crippen LogP contribution >= 0.6 is 39.1 Å². The fraction of sp³-hybridized carbons (Fsp3) is 0.250. The molecule has 0 fully saturated rings. The Morgan fingerprint density at radius 3 is 2.60 bits per heavy atom. The molecule has 0 radical (unpaired) electrons. The first-order valence-corrected chi connectivity index (χ1v) is 8.03. The number of halogens is 4. The van der Waals surface area contributed by atoms with Gasteiger partial charge in [-0.3, -0.25) is 0 Å². The van der Waals surface area contributed by atoms with Crippen LogP contribution in [0.5, 0.6) is 0 Å². The Hall–Kier alpha value is -0.570. The highest BCUT2D eigenvalue weighted by Crippen LogP contribution is 2.22. The predicted octanol–water partition coefficient (Wildman–Crippen LogP) is 5.88. The number of rotatable bonds is 5.